The van der Waals surface area contributed by atoms with Gasteiger partial charge in [0, 0.05) is 36.4 Å². The molecule has 2 unspecified atom stereocenters. The van der Waals surface area contributed by atoms with Gasteiger partial charge < -0.3 is 10.6 Å². The quantitative estimate of drug-likeness (QED) is 0.639. The number of aryl methyl sites for hydroxylation is 1. The number of hydrogen-bond donors (Lipinski definition) is 2. The number of nitrogens with two attached hydrogens (primary N) is 1. The van der Waals surface area contributed by atoms with Gasteiger partial charge in [-0.3, -0.25) is 10.3 Å². The zero-order valence-electron chi connectivity index (χ0n) is 12.4. The fourth-order valence-corrected chi connectivity index (χ4v) is 3.63. The van der Waals surface area contributed by atoms with Crippen molar-refractivity contribution in [2.24, 2.45) is 5.73 Å². The number of nitrogens with zero attached hydrogens (tertiary/aromatic N) is 2. The molecule has 0 radical (unpaired) electrons. The molecule has 0 amide bonds. The van der Waals surface area contributed by atoms with Crippen LogP contribution < -0.4 is 10.6 Å². The van der Waals surface area contributed by atoms with Gasteiger partial charge in [-0.1, -0.05) is 6.07 Å². The number of hydrogen-bond acceptors (Lipinski definition) is 3. The highest BCUT2D eigenvalue weighted by atomic mass is 15.3. The first kappa shape index (κ1) is 13.4. The van der Waals surface area contributed by atoms with Crippen LogP contribution in [0.1, 0.15) is 30.9 Å². The van der Waals surface area contributed by atoms with Gasteiger partial charge >= 0.3 is 0 Å². The molecule has 0 aliphatic carbocycles. The summed E-state index contributed by atoms with van der Waals surface area (Å²) in [6.07, 6.45) is 2.61. The lowest BCUT2D eigenvalue weighted by Gasteiger charge is -2.44. The van der Waals surface area contributed by atoms with Crippen molar-refractivity contribution < 1.29 is 0 Å². The molecule has 0 bridgehead atoms. The SMILES string of the molecule is Cc1ccc(C(=N)N)c(N2CC3CCCN3CC2C)c1. The fraction of sp³-hybridized carbons (Fsp3) is 0.562. The average molecular weight is 272 g/mol. The molecule has 1 aromatic rings. The van der Waals surface area contributed by atoms with Crippen molar-refractivity contribution in [1.82, 2.24) is 4.90 Å². The largest absolute Gasteiger partial charge is 0.384 e. The van der Waals surface area contributed by atoms with Crippen LogP contribution in [0.5, 0.6) is 0 Å². The standard InChI is InChI=1S/C16H24N4/c1-11-5-6-14(16(17)18)15(8-11)20-10-13-4-3-7-19(13)9-12(20)2/h5-6,8,12-13H,3-4,7,9-10H2,1-2H3,(H3,17,18). The number of anilines is 1. The lowest BCUT2D eigenvalue weighted by Crippen LogP contribution is -2.55. The molecule has 2 fully saturated rings. The number of fused-ring (bicyclic) bond motifs is 1. The van der Waals surface area contributed by atoms with Crippen LogP contribution in [0.4, 0.5) is 5.69 Å². The van der Waals surface area contributed by atoms with Crippen LogP contribution in [0.25, 0.3) is 0 Å². The molecule has 3 N–H and O–H groups in total. The lowest BCUT2D eigenvalue weighted by atomic mass is 10.0. The normalized spacial score (nSPS) is 26.6. The Morgan fingerprint density at radius 2 is 2.15 bits per heavy atom. The maximum Gasteiger partial charge on any atom is 0.124 e. The van der Waals surface area contributed by atoms with Crippen LogP contribution in [0.15, 0.2) is 18.2 Å². The van der Waals surface area contributed by atoms with Crippen LogP contribution in [-0.2, 0) is 0 Å². The maximum absolute atomic E-state index is 7.82. The predicted molar refractivity (Wildman–Crippen MR) is 83.6 cm³/mol. The fourth-order valence-electron chi connectivity index (χ4n) is 3.63. The van der Waals surface area contributed by atoms with Gasteiger partial charge in [-0.25, -0.2) is 0 Å². The Bertz CT molecular complexity index is 525. The van der Waals surface area contributed by atoms with Gasteiger partial charge in [0.25, 0.3) is 0 Å². The molecule has 4 nitrogen and oxygen atoms in total. The first-order valence-corrected chi connectivity index (χ1v) is 7.52. The average Bonchev–Trinajstić information content (AvgIpc) is 2.84. The van der Waals surface area contributed by atoms with E-state index in [0.717, 1.165) is 24.3 Å². The second kappa shape index (κ2) is 5.09. The summed E-state index contributed by atoms with van der Waals surface area (Å²) >= 11 is 0. The second-order valence-electron chi connectivity index (χ2n) is 6.23. The van der Waals surface area contributed by atoms with Crippen LogP contribution >= 0.6 is 0 Å². The van der Waals surface area contributed by atoms with Gasteiger partial charge in [-0.15, -0.1) is 0 Å². The number of rotatable bonds is 2. The molecule has 0 spiro atoms. The minimum Gasteiger partial charge on any atom is -0.384 e. The first-order chi connectivity index (χ1) is 9.56. The molecular weight excluding hydrogens is 248 g/mol. The van der Waals surface area contributed by atoms with E-state index in [9.17, 15) is 0 Å². The van der Waals surface area contributed by atoms with Crippen LogP contribution in [0.2, 0.25) is 0 Å². The van der Waals surface area contributed by atoms with E-state index in [1.54, 1.807) is 0 Å². The Morgan fingerprint density at radius 1 is 1.35 bits per heavy atom. The summed E-state index contributed by atoms with van der Waals surface area (Å²) in [6.45, 7) is 7.81. The van der Waals surface area contributed by atoms with Crippen LogP contribution in [0, 0.1) is 12.3 Å². The second-order valence-corrected chi connectivity index (χ2v) is 6.23. The maximum atomic E-state index is 7.82. The molecule has 108 valence electrons. The van der Waals surface area contributed by atoms with E-state index < -0.39 is 0 Å². The summed E-state index contributed by atoms with van der Waals surface area (Å²) in [5.41, 5.74) is 9.00. The van der Waals surface area contributed by atoms with Gasteiger partial charge in [-0.05, 0) is 50.9 Å². The third-order valence-electron chi connectivity index (χ3n) is 4.69. The zero-order valence-corrected chi connectivity index (χ0v) is 12.4. The number of benzene rings is 1. The molecular formula is C16H24N4. The number of nitrogen functional groups attached to an aromatic ring is 1. The minimum atomic E-state index is 0.168. The highest BCUT2D eigenvalue weighted by Gasteiger charge is 2.35. The van der Waals surface area contributed by atoms with Gasteiger partial charge in [0.05, 0.1) is 0 Å². The number of piperazine rings is 1. The van der Waals surface area contributed by atoms with Crippen molar-refractivity contribution >= 4 is 11.5 Å². The Hall–Kier alpha value is -1.55. The highest BCUT2D eigenvalue weighted by Crippen LogP contribution is 2.31. The van der Waals surface area contributed by atoms with Gasteiger partial charge in [0.1, 0.15) is 5.84 Å². The molecule has 2 saturated heterocycles. The molecule has 2 atom stereocenters. The van der Waals surface area contributed by atoms with Crippen molar-refractivity contribution in [2.75, 3.05) is 24.5 Å². The first-order valence-electron chi connectivity index (χ1n) is 7.52. The zero-order chi connectivity index (χ0) is 14.3. The Balaban J connectivity index is 1.95. The predicted octanol–water partition coefficient (Wildman–Crippen LogP) is 1.95. The number of nitrogens with one attached hydrogen (secondary N) is 1. The highest BCUT2D eigenvalue weighted by molar-refractivity contribution is 6.00. The van der Waals surface area contributed by atoms with E-state index in [4.69, 9.17) is 11.1 Å². The summed E-state index contributed by atoms with van der Waals surface area (Å²) in [5, 5.41) is 7.82. The molecule has 4 heteroatoms. The third-order valence-corrected chi connectivity index (χ3v) is 4.69. The smallest absolute Gasteiger partial charge is 0.124 e. The van der Waals surface area contributed by atoms with Crippen molar-refractivity contribution in [1.29, 1.82) is 5.41 Å². The van der Waals surface area contributed by atoms with E-state index in [1.165, 1.54) is 24.9 Å². The van der Waals surface area contributed by atoms with Crippen LogP contribution in [0.3, 0.4) is 0 Å². The summed E-state index contributed by atoms with van der Waals surface area (Å²) in [7, 11) is 0. The molecule has 3 rings (SSSR count). The van der Waals surface area contributed by atoms with Crippen LogP contribution in [-0.4, -0.2) is 42.5 Å². The topological polar surface area (TPSA) is 56.4 Å². The summed E-state index contributed by atoms with van der Waals surface area (Å²) in [5.74, 6) is 0.168. The van der Waals surface area contributed by atoms with E-state index in [2.05, 4.69) is 29.7 Å². The van der Waals surface area contributed by atoms with Crippen molar-refractivity contribution in [2.45, 2.75) is 38.8 Å². The molecule has 2 aliphatic rings. The van der Waals surface area contributed by atoms with Gasteiger partial charge in [0.2, 0.25) is 0 Å². The minimum absolute atomic E-state index is 0.168. The lowest BCUT2D eigenvalue weighted by molar-refractivity contribution is 0.203. The van der Waals surface area contributed by atoms with Crippen molar-refractivity contribution in [3.05, 3.63) is 29.3 Å². The summed E-state index contributed by atoms with van der Waals surface area (Å²) in [4.78, 5) is 5.07. The Labute approximate surface area is 121 Å². The monoisotopic (exact) mass is 272 g/mol. The van der Waals surface area contributed by atoms with Gasteiger partial charge in [-0.2, -0.15) is 0 Å². The van der Waals surface area contributed by atoms with E-state index in [0.29, 0.717) is 12.1 Å². The Kier molecular flexibility index (Phi) is 3.42. The molecule has 0 aromatic heterocycles. The number of amidine groups is 1. The van der Waals surface area contributed by atoms with Crippen molar-refractivity contribution in [3.63, 3.8) is 0 Å². The molecule has 1 aromatic carbocycles. The van der Waals surface area contributed by atoms with Crippen molar-refractivity contribution in [3.8, 4) is 0 Å². The third kappa shape index (κ3) is 2.29. The van der Waals surface area contributed by atoms with E-state index in [1.807, 2.05) is 12.1 Å². The molecule has 2 aliphatic heterocycles. The molecule has 2 heterocycles. The van der Waals surface area contributed by atoms with E-state index in [-0.39, 0.29) is 5.84 Å². The molecule has 0 saturated carbocycles. The summed E-state index contributed by atoms with van der Waals surface area (Å²) < 4.78 is 0. The summed E-state index contributed by atoms with van der Waals surface area (Å²) in [6, 6.07) is 7.35. The van der Waals surface area contributed by atoms with Gasteiger partial charge in [0.15, 0.2) is 0 Å². The molecule has 20 heavy (non-hydrogen) atoms. The van der Waals surface area contributed by atoms with E-state index >= 15 is 0 Å². The Morgan fingerprint density at radius 3 is 2.90 bits per heavy atom.